The molecular formula is C15H11N5O5. The number of carbonyl (C=O) groups excluding carboxylic acids is 1. The molecule has 2 N–H and O–H groups in total. The lowest BCUT2D eigenvalue weighted by molar-refractivity contribution is -0.384. The lowest BCUT2D eigenvalue weighted by atomic mass is 10.2. The van der Waals surface area contributed by atoms with Crippen molar-refractivity contribution >= 4 is 28.2 Å². The Bertz CT molecular complexity index is 1100. The molecule has 0 radical (unpaired) electrons. The van der Waals surface area contributed by atoms with E-state index >= 15 is 0 Å². The highest BCUT2D eigenvalue weighted by Crippen LogP contribution is 2.37. The number of benzene rings is 1. The van der Waals surface area contributed by atoms with Crippen molar-refractivity contribution in [1.82, 2.24) is 9.55 Å². The van der Waals surface area contributed by atoms with Gasteiger partial charge in [-0.2, -0.15) is 0 Å². The molecule has 10 nitrogen and oxygen atoms in total. The summed E-state index contributed by atoms with van der Waals surface area (Å²) in [6.07, 6.45) is 1.31. The molecule has 0 bridgehead atoms. The fraction of sp³-hybridized carbons (Fsp3) is 0.0667. The largest absolute Gasteiger partial charge is 0.493 e. The smallest absolute Gasteiger partial charge is 0.296 e. The van der Waals surface area contributed by atoms with E-state index in [0.29, 0.717) is 5.52 Å². The average molecular weight is 341 g/mol. The predicted octanol–water partition coefficient (Wildman–Crippen LogP) is 2.40. The molecule has 2 heterocycles. The highest BCUT2D eigenvalue weighted by Gasteiger charge is 2.15. The summed E-state index contributed by atoms with van der Waals surface area (Å²) in [6, 6.07) is 6.44. The summed E-state index contributed by atoms with van der Waals surface area (Å²) in [5, 5.41) is 28.2. The van der Waals surface area contributed by atoms with Crippen molar-refractivity contribution < 1.29 is 14.8 Å². The third kappa shape index (κ3) is 3.00. The van der Waals surface area contributed by atoms with Crippen molar-refractivity contribution in [2.45, 2.75) is 0 Å². The Morgan fingerprint density at radius 3 is 2.76 bits per heavy atom. The standard InChI is InChI=1S/C15H11N5O5/c1-19-7-8(2-5-12(19)21)14(22)18-17-13-10-6-9(20(24)25)3-4-11(10)16-15(13)23/h2-7,16,23H,1H3. The number of nitrogens with zero attached hydrogens (tertiary/aromatic N) is 4. The van der Waals surface area contributed by atoms with E-state index in [1.807, 2.05) is 0 Å². The first-order valence-corrected chi connectivity index (χ1v) is 6.98. The number of azo groups is 1. The fourth-order valence-corrected chi connectivity index (χ4v) is 2.24. The number of pyridine rings is 1. The van der Waals surface area contributed by atoms with E-state index in [9.17, 15) is 24.8 Å². The molecule has 0 spiro atoms. The number of aryl methyl sites for hydroxylation is 1. The van der Waals surface area contributed by atoms with Crippen LogP contribution in [0.15, 0.2) is 51.6 Å². The molecule has 0 aliphatic carbocycles. The van der Waals surface area contributed by atoms with Crippen LogP contribution in [0.2, 0.25) is 0 Å². The first kappa shape index (κ1) is 16.1. The van der Waals surface area contributed by atoms with Gasteiger partial charge in [0.05, 0.1) is 16.0 Å². The topological polar surface area (TPSA) is 143 Å². The highest BCUT2D eigenvalue weighted by atomic mass is 16.6. The van der Waals surface area contributed by atoms with Gasteiger partial charge in [-0.3, -0.25) is 19.7 Å². The van der Waals surface area contributed by atoms with Crippen LogP contribution in [0.3, 0.4) is 0 Å². The predicted molar refractivity (Wildman–Crippen MR) is 87.1 cm³/mol. The summed E-state index contributed by atoms with van der Waals surface area (Å²) >= 11 is 0. The molecular weight excluding hydrogens is 330 g/mol. The Kier molecular flexibility index (Phi) is 3.85. The van der Waals surface area contributed by atoms with E-state index in [2.05, 4.69) is 15.2 Å². The second-order valence-corrected chi connectivity index (χ2v) is 5.18. The van der Waals surface area contributed by atoms with Gasteiger partial charge >= 0.3 is 0 Å². The number of nitro groups is 1. The summed E-state index contributed by atoms with van der Waals surface area (Å²) in [5.41, 5.74) is -0.0120. The van der Waals surface area contributed by atoms with Gasteiger partial charge in [0.1, 0.15) is 0 Å². The molecule has 0 unspecified atom stereocenters. The quantitative estimate of drug-likeness (QED) is 0.427. The highest BCUT2D eigenvalue weighted by molar-refractivity contribution is 5.97. The number of aromatic hydroxyl groups is 1. The number of H-pyrrole nitrogens is 1. The van der Waals surface area contributed by atoms with Crippen molar-refractivity contribution in [3.8, 4) is 5.88 Å². The second kappa shape index (κ2) is 6.00. The molecule has 0 fully saturated rings. The molecule has 0 aliphatic rings. The number of amides is 1. The zero-order valence-corrected chi connectivity index (χ0v) is 12.8. The van der Waals surface area contributed by atoms with Crippen molar-refractivity contribution in [1.29, 1.82) is 0 Å². The van der Waals surface area contributed by atoms with Crippen LogP contribution < -0.4 is 5.56 Å². The number of nitro benzene ring substituents is 1. The van der Waals surface area contributed by atoms with Crippen molar-refractivity contribution in [3.63, 3.8) is 0 Å². The summed E-state index contributed by atoms with van der Waals surface area (Å²) in [6.45, 7) is 0. The van der Waals surface area contributed by atoms with Gasteiger partial charge in [0.25, 0.3) is 11.6 Å². The van der Waals surface area contributed by atoms with Crippen LogP contribution in [0, 0.1) is 10.1 Å². The molecule has 1 amide bonds. The lowest BCUT2D eigenvalue weighted by Crippen LogP contribution is -2.15. The molecule has 2 aromatic heterocycles. The van der Waals surface area contributed by atoms with Crippen LogP contribution in [-0.2, 0) is 7.05 Å². The number of rotatable bonds is 3. The van der Waals surface area contributed by atoms with Gasteiger partial charge in [-0.15, -0.1) is 10.2 Å². The molecule has 3 rings (SSSR count). The van der Waals surface area contributed by atoms with Gasteiger partial charge < -0.3 is 14.7 Å². The van der Waals surface area contributed by atoms with Gasteiger partial charge in [0.15, 0.2) is 5.69 Å². The van der Waals surface area contributed by atoms with Crippen LogP contribution in [0.1, 0.15) is 10.4 Å². The maximum absolute atomic E-state index is 12.1. The van der Waals surface area contributed by atoms with Crippen molar-refractivity contribution in [2.24, 2.45) is 17.3 Å². The fourth-order valence-electron chi connectivity index (χ4n) is 2.24. The summed E-state index contributed by atoms with van der Waals surface area (Å²) < 4.78 is 1.22. The zero-order chi connectivity index (χ0) is 18.1. The Balaban J connectivity index is 2.00. The maximum Gasteiger partial charge on any atom is 0.296 e. The van der Waals surface area contributed by atoms with E-state index < -0.39 is 10.8 Å². The monoisotopic (exact) mass is 341 g/mol. The molecule has 3 aromatic rings. The van der Waals surface area contributed by atoms with E-state index in [4.69, 9.17) is 0 Å². The number of hydrogen-bond donors (Lipinski definition) is 2. The SMILES string of the molecule is Cn1cc(C(=O)N=Nc2c(O)[nH]c3ccc([N+](=O)[O-])cc23)ccc1=O. The van der Waals surface area contributed by atoms with Crippen LogP contribution in [-0.4, -0.2) is 25.5 Å². The number of nitrogens with one attached hydrogen (secondary N) is 1. The first-order chi connectivity index (χ1) is 11.9. The molecule has 0 aliphatic heterocycles. The molecule has 0 atom stereocenters. The number of aromatic amines is 1. The number of carbonyl (C=O) groups is 1. The Morgan fingerprint density at radius 1 is 1.32 bits per heavy atom. The van der Waals surface area contributed by atoms with E-state index in [-0.39, 0.29) is 33.8 Å². The third-order valence-corrected chi connectivity index (χ3v) is 3.52. The van der Waals surface area contributed by atoms with Crippen LogP contribution in [0.4, 0.5) is 11.4 Å². The van der Waals surface area contributed by atoms with Gasteiger partial charge in [-0.25, -0.2) is 0 Å². The molecule has 1 aromatic carbocycles. The average Bonchev–Trinajstić information content (AvgIpc) is 2.89. The third-order valence-electron chi connectivity index (χ3n) is 3.52. The maximum atomic E-state index is 12.1. The number of hydrogen-bond acceptors (Lipinski definition) is 6. The van der Waals surface area contributed by atoms with Crippen LogP contribution in [0.25, 0.3) is 10.9 Å². The lowest BCUT2D eigenvalue weighted by Gasteiger charge is -1.98. The number of aromatic nitrogens is 2. The van der Waals surface area contributed by atoms with Gasteiger partial charge in [-0.05, 0) is 12.1 Å². The second-order valence-electron chi connectivity index (χ2n) is 5.18. The van der Waals surface area contributed by atoms with E-state index in [1.165, 1.54) is 48.1 Å². The normalized spacial score (nSPS) is 11.2. The van der Waals surface area contributed by atoms with Crippen molar-refractivity contribution in [2.75, 3.05) is 0 Å². The van der Waals surface area contributed by atoms with Gasteiger partial charge in [0, 0.05) is 36.8 Å². The van der Waals surface area contributed by atoms with E-state index in [0.717, 1.165) is 0 Å². The zero-order valence-electron chi connectivity index (χ0n) is 12.8. The Hall–Kier alpha value is -3.82. The van der Waals surface area contributed by atoms with Crippen LogP contribution in [0.5, 0.6) is 5.88 Å². The van der Waals surface area contributed by atoms with Crippen molar-refractivity contribution in [3.05, 3.63) is 62.6 Å². The Morgan fingerprint density at radius 2 is 2.08 bits per heavy atom. The summed E-state index contributed by atoms with van der Waals surface area (Å²) in [7, 11) is 1.49. The van der Waals surface area contributed by atoms with E-state index in [1.54, 1.807) is 0 Å². The summed E-state index contributed by atoms with van der Waals surface area (Å²) in [4.78, 5) is 36.3. The number of fused-ring (bicyclic) bond motifs is 1. The minimum absolute atomic E-state index is 0.0862. The number of non-ortho nitro benzene ring substituents is 1. The Labute approximate surface area is 139 Å². The minimum atomic E-state index is -0.727. The first-order valence-electron chi connectivity index (χ1n) is 6.98. The van der Waals surface area contributed by atoms with Crippen LogP contribution >= 0.6 is 0 Å². The van der Waals surface area contributed by atoms with Gasteiger partial charge in [0.2, 0.25) is 11.4 Å². The molecule has 25 heavy (non-hydrogen) atoms. The minimum Gasteiger partial charge on any atom is -0.493 e. The molecule has 0 saturated carbocycles. The van der Waals surface area contributed by atoms with Gasteiger partial charge in [-0.1, -0.05) is 0 Å². The molecule has 0 saturated heterocycles. The molecule has 10 heteroatoms. The molecule has 126 valence electrons. The summed E-state index contributed by atoms with van der Waals surface area (Å²) in [5.74, 6) is -1.10.